The van der Waals surface area contributed by atoms with Crippen LogP contribution in [0.1, 0.15) is 57.8 Å². The number of hydrogen-bond acceptors (Lipinski definition) is 7. The summed E-state index contributed by atoms with van der Waals surface area (Å²) in [5.41, 5.74) is 2.98. The molecule has 3 aromatic heterocycles. The van der Waals surface area contributed by atoms with Crippen LogP contribution in [0.5, 0.6) is 0 Å². The molecule has 5 rings (SSSR count). The van der Waals surface area contributed by atoms with Crippen LogP contribution in [0, 0.1) is 13.8 Å². The van der Waals surface area contributed by atoms with E-state index < -0.39 is 0 Å². The molecule has 0 unspecified atom stereocenters. The maximum atomic E-state index is 12.8. The average Bonchev–Trinajstić information content (AvgIpc) is 3.21. The molecule has 0 spiro atoms. The van der Waals surface area contributed by atoms with Crippen LogP contribution < -0.4 is 4.90 Å². The van der Waals surface area contributed by atoms with Crippen molar-refractivity contribution in [2.75, 3.05) is 18.0 Å². The van der Waals surface area contributed by atoms with Gasteiger partial charge < -0.3 is 0 Å². The zero-order chi connectivity index (χ0) is 22.1. The van der Waals surface area contributed by atoms with Gasteiger partial charge in [-0.15, -0.1) is 11.3 Å². The first-order valence-electron chi connectivity index (χ1n) is 11.3. The lowest BCUT2D eigenvalue weighted by Gasteiger charge is -2.33. The van der Waals surface area contributed by atoms with Crippen LogP contribution in [0.2, 0.25) is 0 Å². The van der Waals surface area contributed by atoms with E-state index in [4.69, 9.17) is 9.97 Å². The third kappa shape index (κ3) is 4.42. The molecule has 1 saturated heterocycles. The molecule has 0 atom stereocenters. The average molecular weight is 449 g/mol. The Bertz CT molecular complexity index is 1110. The number of fused-ring (bicyclic) bond motifs is 1. The first-order valence-corrected chi connectivity index (χ1v) is 12.1. The second-order valence-corrected chi connectivity index (χ2v) is 9.99. The molecular weight excluding hydrogens is 420 g/mol. The number of carbonyl (C=O) groups is 1. The first kappa shape index (κ1) is 21.2. The summed E-state index contributed by atoms with van der Waals surface area (Å²) in [5.74, 6) is 2.11. The zero-order valence-corrected chi connectivity index (χ0v) is 19.4. The molecule has 7 nitrogen and oxygen atoms in total. The van der Waals surface area contributed by atoms with Crippen molar-refractivity contribution in [1.29, 1.82) is 0 Å². The molecule has 2 aliphatic heterocycles. The fourth-order valence-electron chi connectivity index (χ4n) is 4.65. The number of thiazole rings is 1. The molecule has 2 aliphatic rings. The van der Waals surface area contributed by atoms with Gasteiger partial charge in [0.25, 0.3) is 0 Å². The highest BCUT2D eigenvalue weighted by molar-refractivity contribution is 7.11. The summed E-state index contributed by atoms with van der Waals surface area (Å²) in [6, 6.07) is 5.80. The predicted molar refractivity (Wildman–Crippen MR) is 125 cm³/mol. The first-order chi connectivity index (χ1) is 15.6. The van der Waals surface area contributed by atoms with Gasteiger partial charge in [0.15, 0.2) is 0 Å². The van der Waals surface area contributed by atoms with Crippen molar-refractivity contribution in [3.63, 3.8) is 0 Å². The van der Waals surface area contributed by atoms with Crippen LogP contribution in [0.4, 0.5) is 5.82 Å². The Morgan fingerprint density at radius 1 is 1.06 bits per heavy atom. The lowest BCUT2D eigenvalue weighted by Crippen LogP contribution is -2.37. The number of piperidine rings is 1. The number of likely N-dealkylation sites (tertiary alicyclic amines) is 1. The Balaban J connectivity index is 1.34. The molecule has 0 saturated carbocycles. The molecule has 0 aliphatic carbocycles. The van der Waals surface area contributed by atoms with Gasteiger partial charge in [-0.2, -0.15) is 0 Å². The van der Waals surface area contributed by atoms with Crippen molar-refractivity contribution in [3.8, 4) is 0 Å². The number of nitrogens with zero attached hydrogens (tertiary/aromatic N) is 6. The topological polar surface area (TPSA) is 75.1 Å². The van der Waals surface area contributed by atoms with Gasteiger partial charge in [0.1, 0.15) is 11.6 Å². The summed E-state index contributed by atoms with van der Waals surface area (Å²) < 4.78 is 0. The SMILES string of the molecule is Cc1ncc(CN2CCC(c3nc(C)c4c(n3)N(Cc3ccccn3)C(=O)CC4)CC2)s1. The number of pyridine rings is 1. The molecule has 3 aromatic rings. The molecule has 32 heavy (non-hydrogen) atoms. The van der Waals surface area contributed by atoms with E-state index in [0.717, 1.165) is 66.1 Å². The minimum absolute atomic E-state index is 0.113. The Morgan fingerprint density at radius 3 is 2.62 bits per heavy atom. The maximum Gasteiger partial charge on any atom is 0.228 e. The van der Waals surface area contributed by atoms with E-state index in [1.807, 2.05) is 24.4 Å². The van der Waals surface area contributed by atoms with E-state index in [1.54, 1.807) is 22.4 Å². The fourth-order valence-corrected chi connectivity index (χ4v) is 5.49. The van der Waals surface area contributed by atoms with Crippen LogP contribution in [0.25, 0.3) is 0 Å². The van der Waals surface area contributed by atoms with E-state index >= 15 is 0 Å². The van der Waals surface area contributed by atoms with Gasteiger partial charge in [-0.1, -0.05) is 6.07 Å². The van der Waals surface area contributed by atoms with Crippen molar-refractivity contribution in [3.05, 3.63) is 63.3 Å². The van der Waals surface area contributed by atoms with Gasteiger partial charge in [0.2, 0.25) is 5.91 Å². The van der Waals surface area contributed by atoms with Crippen molar-refractivity contribution >= 4 is 23.1 Å². The van der Waals surface area contributed by atoms with Gasteiger partial charge in [0, 0.05) is 47.4 Å². The summed E-state index contributed by atoms with van der Waals surface area (Å²) in [6.07, 6.45) is 7.04. The highest BCUT2D eigenvalue weighted by atomic mass is 32.1. The second kappa shape index (κ2) is 9.03. The van der Waals surface area contributed by atoms with E-state index in [-0.39, 0.29) is 5.91 Å². The van der Waals surface area contributed by atoms with Crippen molar-refractivity contribution in [2.24, 2.45) is 0 Å². The van der Waals surface area contributed by atoms with E-state index in [1.165, 1.54) is 4.88 Å². The molecule has 1 fully saturated rings. The Kier molecular flexibility index (Phi) is 5.97. The van der Waals surface area contributed by atoms with Crippen molar-refractivity contribution in [2.45, 2.75) is 58.5 Å². The van der Waals surface area contributed by atoms with Gasteiger partial charge in [0.05, 0.1) is 17.2 Å². The molecule has 0 bridgehead atoms. The van der Waals surface area contributed by atoms with Crippen LogP contribution in [-0.2, 0) is 24.3 Å². The lowest BCUT2D eigenvalue weighted by molar-refractivity contribution is -0.119. The minimum atomic E-state index is 0.113. The Hall–Kier alpha value is -2.71. The van der Waals surface area contributed by atoms with Gasteiger partial charge in [-0.05, 0) is 58.3 Å². The zero-order valence-electron chi connectivity index (χ0n) is 18.6. The number of aryl methyl sites for hydroxylation is 2. The lowest BCUT2D eigenvalue weighted by atomic mass is 9.95. The van der Waals surface area contributed by atoms with Crippen LogP contribution in [0.15, 0.2) is 30.6 Å². The molecule has 0 N–H and O–H groups in total. The Morgan fingerprint density at radius 2 is 1.91 bits per heavy atom. The number of amides is 1. The number of aromatic nitrogens is 4. The largest absolute Gasteiger partial charge is 0.298 e. The Labute approximate surface area is 192 Å². The molecule has 8 heteroatoms. The molecule has 0 aromatic carbocycles. The number of rotatable bonds is 5. The molecule has 1 amide bonds. The highest BCUT2D eigenvalue weighted by Crippen LogP contribution is 2.33. The molecule has 0 radical (unpaired) electrons. The van der Waals surface area contributed by atoms with E-state index in [0.29, 0.717) is 25.3 Å². The second-order valence-electron chi connectivity index (χ2n) is 8.67. The smallest absolute Gasteiger partial charge is 0.228 e. The third-order valence-electron chi connectivity index (χ3n) is 6.40. The summed E-state index contributed by atoms with van der Waals surface area (Å²) >= 11 is 1.78. The standard InChI is InChI=1S/C24H28N6OS/c1-16-21-6-7-22(31)30(14-19-5-3-4-10-25-19)24(21)28-23(27-16)18-8-11-29(12-9-18)15-20-13-26-17(2)32-20/h3-5,10,13,18H,6-9,11-12,14-15H2,1-2H3. The predicted octanol–water partition coefficient (Wildman–Crippen LogP) is 3.80. The van der Waals surface area contributed by atoms with Gasteiger partial charge >= 0.3 is 0 Å². The third-order valence-corrected chi connectivity index (χ3v) is 7.30. The summed E-state index contributed by atoms with van der Waals surface area (Å²) in [6.45, 7) is 7.58. The highest BCUT2D eigenvalue weighted by Gasteiger charge is 2.31. The summed E-state index contributed by atoms with van der Waals surface area (Å²) in [5, 5.41) is 1.12. The van der Waals surface area contributed by atoms with Crippen LogP contribution >= 0.6 is 11.3 Å². The van der Waals surface area contributed by atoms with Crippen molar-refractivity contribution in [1.82, 2.24) is 24.8 Å². The maximum absolute atomic E-state index is 12.8. The summed E-state index contributed by atoms with van der Waals surface area (Å²) in [4.78, 5) is 37.1. The number of anilines is 1. The fraction of sp³-hybridized carbons (Fsp3) is 0.458. The minimum Gasteiger partial charge on any atom is -0.298 e. The monoisotopic (exact) mass is 448 g/mol. The van der Waals surface area contributed by atoms with E-state index in [2.05, 4.69) is 28.7 Å². The molecule has 5 heterocycles. The molecular formula is C24H28N6OS. The van der Waals surface area contributed by atoms with Crippen LogP contribution in [0.3, 0.4) is 0 Å². The number of carbonyl (C=O) groups excluding carboxylic acids is 1. The number of hydrogen-bond donors (Lipinski definition) is 0. The summed E-state index contributed by atoms with van der Waals surface area (Å²) in [7, 11) is 0. The van der Waals surface area contributed by atoms with Gasteiger partial charge in [-0.3, -0.25) is 19.6 Å². The normalized spacial score (nSPS) is 17.6. The quantitative estimate of drug-likeness (QED) is 0.591. The van der Waals surface area contributed by atoms with Gasteiger partial charge in [-0.25, -0.2) is 15.0 Å². The van der Waals surface area contributed by atoms with Crippen molar-refractivity contribution < 1.29 is 4.79 Å². The van der Waals surface area contributed by atoms with E-state index in [9.17, 15) is 4.79 Å². The van der Waals surface area contributed by atoms with Crippen LogP contribution in [-0.4, -0.2) is 43.8 Å². The molecule has 166 valence electrons.